The Morgan fingerprint density at radius 1 is 1.23 bits per heavy atom. The third kappa shape index (κ3) is 2.10. The van der Waals surface area contributed by atoms with Gasteiger partial charge in [0.25, 0.3) is 0 Å². The third-order valence-corrected chi connectivity index (χ3v) is 2.75. The molecule has 1 aliphatic heterocycles. The molecular formula is C12H17N. The van der Waals surface area contributed by atoms with E-state index in [0.717, 1.165) is 13.0 Å². The molecule has 0 amide bonds. The van der Waals surface area contributed by atoms with E-state index in [2.05, 4.69) is 36.1 Å². The summed E-state index contributed by atoms with van der Waals surface area (Å²) < 4.78 is 0. The second kappa shape index (κ2) is 3.93. The van der Waals surface area contributed by atoms with Crippen molar-refractivity contribution in [2.75, 3.05) is 13.1 Å². The van der Waals surface area contributed by atoms with E-state index in [1.54, 1.807) is 0 Å². The standard InChI is InChI=1S/C12H17N/c1-2-11-5-3-6-12(9-11)10-13-7-4-8-13/h3,5-6,9H,2,4,7-8,10H2,1H3. The van der Waals surface area contributed by atoms with Gasteiger partial charge >= 0.3 is 0 Å². The van der Waals surface area contributed by atoms with Gasteiger partial charge in [-0.2, -0.15) is 0 Å². The fourth-order valence-corrected chi connectivity index (χ4v) is 1.75. The first-order chi connectivity index (χ1) is 6.38. The second-order valence-corrected chi connectivity index (χ2v) is 3.80. The van der Waals surface area contributed by atoms with Gasteiger partial charge < -0.3 is 0 Å². The SMILES string of the molecule is CCc1cccc(CN2CCC2)c1. The lowest BCUT2D eigenvalue weighted by Gasteiger charge is -2.30. The molecule has 1 heteroatoms. The molecule has 1 aliphatic rings. The summed E-state index contributed by atoms with van der Waals surface area (Å²) in [6, 6.07) is 8.95. The van der Waals surface area contributed by atoms with E-state index in [-0.39, 0.29) is 0 Å². The number of nitrogens with zero attached hydrogens (tertiary/aromatic N) is 1. The third-order valence-electron chi connectivity index (χ3n) is 2.75. The quantitative estimate of drug-likeness (QED) is 0.682. The lowest BCUT2D eigenvalue weighted by molar-refractivity contribution is 0.172. The molecule has 2 rings (SSSR count). The average molecular weight is 175 g/mol. The highest BCUT2D eigenvalue weighted by molar-refractivity contribution is 5.23. The maximum atomic E-state index is 2.49. The molecule has 70 valence electrons. The van der Waals surface area contributed by atoms with Crippen molar-refractivity contribution in [3.05, 3.63) is 35.4 Å². The van der Waals surface area contributed by atoms with E-state index in [4.69, 9.17) is 0 Å². The van der Waals surface area contributed by atoms with E-state index in [9.17, 15) is 0 Å². The van der Waals surface area contributed by atoms with Crippen LogP contribution in [0.4, 0.5) is 0 Å². The largest absolute Gasteiger partial charge is 0.299 e. The Labute approximate surface area is 80.4 Å². The predicted molar refractivity (Wildman–Crippen MR) is 55.7 cm³/mol. The van der Waals surface area contributed by atoms with E-state index < -0.39 is 0 Å². The summed E-state index contributed by atoms with van der Waals surface area (Å²) in [5.41, 5.74) is 2.93. The van der Waals surface area contributed by atoms with Crippen LogP contribution in [0.3, 0.4) is 0 Å². The molecule has 0 aliphatic carbocycles. The number of rotatable bonds is 3. The van der Waals surface area contributed by atoms with Gasteiger partial charge in [0.15, 0.2) is 0 Å². The zero-order chi connectivity index (χ0) is 9.10. The molecule has 1 saturated heterocycles. The Kier molecular flexibility index (Phi) is 2.65. The highest BCUT2D eigenvalue weighted by Gasteiger charge is 2.13. The van der Waals surface area contributed by atoms with Crippen molar-refractivity contribution in [3.63, 3.8) is 0 Å². The van der Waals surface area contributed by atoms with Crippen LogP contribution in [0.5, 0.6) is 0 Å². The Morgan fingerprint density at radius 3 is 2.62 bits per heavy atom. The second-order valence-electron chi connectivity index (χ2n) is 3.80. The molecule has 0 unspecified atom stereocenters. The van der Waals surface area contributed by atoms with Gasteiger partial charge in [0, 0.05) is 6.54 Å². The minimum Gasteiger partial charge on any atom is -0.299 e. The molecule has 0 saturated carbocycles. The van der Waals surface area contributed by atoms with E-state index in [1.807, 2.05) is 0 Å². The Morgan fingerprint density at radius 2 is 2.00 bits per heavy atom. The highest BCUT2D eigenvalue weighted by Crippen LogP contribution is 2.13. The van der Waals surface area contributed by atoms with E-state index in [0.29, 0.717) is 0 Å². The van der Waals surface area contributed by atoms with E-state index >= 15 is 0 Å². The first-order valence-corrected chi connectivity index (χ1v) is 5.18. The van der Waals surface area contributed by atoms with Crippen LogP contribution in [0.25, 0.3) is 0 Å². The molecule has 1 aromatic carbocycles. The molecule has 0 aromatic heterocycles. The van der Waals surface area contributed by atoms with Crippen LogP contribution in [0.15, 0.2) is 24.3 Å². The van der Waals surface area contributed by atoms with Gasteiger partial charge in [-0.05, 0) is 37.1 Å². The van der Waals surface area contributed by atoms with Crippen LogP contribution in [-0.4, -0.2) is 18.0 Å². The fourth-order valence-electron chi connectivity index (χ4n) is 1.75. The van der Waals surface area contributed by atoms with E-state index in [1.165, 1.54) is 30.6 Å². The number of aryl methyl sites for hydroxylation is 1. The van der Waals surface area contributed by atoms with Crippen molar-refractivity contribution < 1.29 is 0 Å². The number of hydrogen-bond acceptors (Lipinski definition) is 1. The van der Waals surface area contributed by atoms with Crippen molar-refractivity contribution in [3.8, 4) is 0 Å². The van der Waals surface area contributed by atoms with Gasteiger partial charge in [-0.1, -0.05) is 31.2 Å². The molecule has 0 atom stereocenters. The normalized spacial score (nSPS) is 17.0. The molecule has 0 radical (unpaired) electrons. The van der Waals surface area contributed by atoms with Crippen LogP contribution < -0.4 is 0 Å². The van der Waals surface area contributed by atoms with Crippen molar-refractivity contribution in [2.45, 2.75) is 26.3 Å². The van der Waals surface area contributed by atoms with Crippen LogP contribution in [-0.2, 0) is 13.0 Å². The Bertz CT molecular complexity index is 276. The summed E-state index contributed by atoms with van der Waals surface area (Å²) in [7, 11) is 0. The van der Waals surface area contributed by atoms with Gasteiger partial charge in [0.2, 0.25) is 0 Å². The number of hydrogen-bond donors (Lipinski definition) is 0. The molecule has 0 bridgehead atoms. The van der Waals surface area contributed by atoms with Crippen LogP contribution in [0, 0.1) is 0 Å². The van der Waals surface area contributed by atoms with Crippen LogP contribution in [0.1, 0.15) is 24.5 Å². The average Bonchev–Trinajstić information content (AvgIpc) is 2.12. The van der Waals surface area contributed by atoms with Crippen molar-refractivity contribution >= 4 is 0 Å². The van der Waals surface area contributed by atoms with Crippen LogP contribution >= 0.6 is 0 Å². The number of benzene rings is 1. The lowest BCUT2D eigenvalue weighted by atomic mass is 10.1. The highest BCUT2D eigenvalue weighted by atomic mass is 15.2. The molecule has 1 aromatic rings. The summed E-state index contributed by atoms with van der Waals surface area (Å²) in [6.07, 6.45) is 2.53. The number of likely N-dealkylation sites (tertiary alicyclic amines) is 1. The van der Waals surface area contributed by atoms with Gasteiger partial charge in [-0.15, -0.1) is 0 Å². The first kappa shape index (κ1) is 8.76. The van der Waals surface area contributed by atoms with Gasteiger partial charge in [-0.3, -0.25) is 4.90 Å². The van der Waals surface area contributed by atoms with Gasteiger partial charge in [-0.25, -0.2) is 0 Å². The summed E-state index contributed by atoms with van der Waals surface area (Å²) in [5.74, 6) is 0. The summed E-state index contributed by atoms with van der Waals surface area (Å²) in [4.78, 5) is 2.49. The molecule has 1 heterocycles. The zero-order valence-corrected chi connectivity index (χ0v) is 8.29. The molecule has 1 nitrogen and oxygen atoms in total. The van der Waals surface area contributed by atoms with Crippen molar-refractivity contribution in [1.82, 2.24) is 4.90 Å². The monoisotopic (exact) mass is 175 g/mol. The van der Waals surface area contributed by atoms with Gasteiger partial charge in [0.1, 0.15) is 0 Å². The fraction of sp³-hybridized carbons (Fsp3) is 0.500. The topological polar surface area (TPSA) is 3.24 Å². The Hall–Kier alpha value is -0.820. The van der Waals surface area contributed by atoms with Crippen molar-refractivity contribution in [2.24, 2.45) is 0 Å². The van der Waals surface area contributed by atoms with Crippen LogP contribution in [0.2, 0.25) is 0 Å². The smallest absolute Gasteiger partial charge is 0.0233 e. The van der Waals surface area contributed by atoms with Crippen molar-refractivity contribution in [1.29, 1.82) is 0 Å². The predicted octanol–water partition coefficient (Wildman–Crippen LogP) is 2.45. The first-order valence-electron chi connectivity index (χ1n) is 5.18. The zero-order valence-electron chi connectivity index (χ0n) is 8.29. The minimum atomic E-state index is 1.15. The lowest BCUT2D eigenvalue weighted by Crippen LogP contribution is -2.36. The molecule has 0 N–H and O–H groups in total. The summed E-state index contributed by atoms with van der Waals surface area (Å²) >= 11 is 0. The molecule has 13 heavy (non-hydrogen) atoms. The maximum Gasteiger partial charge on any atom is 0.0233 e. The van der Waals surface area contributed by atoms with Gasteiger partial charge in [0.05, 0.1) is 0 Å². The maximum absolute atomic E-state index is 2.49. The summed E-state index contributed by atoms with van der Waals surface area (Å²) in [5, 5.41) is 0. The minimum absolute atomic E-state index is 1.15. The molecule has 0 spiro atoms. The molecule has 1 fully saturated rings. The Balaban J connectivity index is 2.01. The molecular weight excluding hydrogens is 158 g/mol. The summed E-state index contributed by atoms with van der Waals surface area (Å²) in [6.45, 7) is 5.93.